The third kappa shape index (κ3) is 3.64. The number of hydrogen-bond donors (Lipinski definition) is 2. The molecule has 0 aliphatic rings. The molecule has 2 aromatic rings. The van der Waals surface area contributed by atoms with Crippen LogP contribution in [0.4, 0.5) is 4.39 Å². The molecule has 104 valence electrons. The summed E-state index contributed by atoms with van der Waals surface area (Å²) in [4.78, 5) is 23.1. The molecule has 0 aliphatic carbocycles. The van der Waals surface area contributed by atoms with Crippen LogP contribution in [-0.2, 0) is 0 Å². The van der Waals surface area contributed by atoms with E-state index in [0.717, 1.165) is 0 Å². The van der Waals surface area contributed by atoms with Gasteiger partial charge in [-0.1, -0.05) is 5.16 Å². The Hall–Kier alpha value is -2.70. The first-order valence-corrected chi connectivity index (χ1v) is 5.89. The highest BCUT2D eigenvalue weighted by molar-refractivity contribution is 5.94. The number of halogens is 1. The van der Waals surface area contributed by atoms with Gasteiger partial charge >= 0.3 is 0 Å². The average molecular weight is 277 g/mol. The fraction of sp³-hybridized carbons (Fsp3) is 0.154. The molecule has 1 aromatic carbocycles. The van der Waals surface area contributed by atoms with Crippen molar-refractivity contribution in [1.29, 1.82) is 0 Å². The Balaban J connectivity index is 1.72. The number of nitrogens with zero attached hydrogens (tertiary/aromatic N) is 1. The second-order valence-electron chi connectivity index (χ2n) is 3.90. The van der Waals surface area contributed by atoms with Crippen molar-refractivity contribution in [2.75, 3.05) is 13.1 Å². The number of amides is 2. The van der Waals surface area contributed by atoms with Crippen molar-refractivity contribution in [3.63, 3.8) is 0 Å². The minimum Gasteiger partial charge on any atom is -0.364 e. The predicted octanol–water partition coefficient (Wildman–Crippen LogP) is 0.973. The van der Waals surface area contributed by atoms with Gasteiger partial charge in [0.25, 0.3) is 11.8 Å². The van der Waals surface area contributed by atoms with Crippen LogP contribution in [0.2, 0.25) is 0 Å². The lowest BCUT2D eigenvalue weighted by Gasteiger charge is -2.06. The van der Waals surface area contributed by atoms with Gasteiger partial charge in [-0.3, -0.25) is 9.59 Å². The largest absolute Gasteiger partial charge is 0.364 e. The highest BCUT2D eigenvalue weighted by Crippen LogP contribution is 2.02. The van der Waals surface area contributed by atoms with Crippen LogP contribution in [0.3, 0.4) is 0 Å². The summed E-state index contributed by atoms with van der Waals surface area (Å²) in [5.41, 5.74) is 0.532. The summed E-state index contributed by atoms with van der Waals surface area (Å²) >= 11 is 0. The summed E-state index contributed by atoms with van der Waals surface area (Å²) in [6, 6.07) is 6.63. The van der Waals surface area contributed by atoms with Crippen LogP contribution in [0, 0.1) is 5.82 Å². The Kier molecular flexibility index (Phi) is 4.43. The third-order valence-corrected chi connectivity index (χ3v) is 2.47. The van der Waals surface area contributed by atoms with Crippen LogP contribution >= 0.6 is 0 Å². The lowest BCUT2D eigenvalue weighted by Crippen LogP contribution is -2.34. The molecule has 2 amide bonds. The van der Waals surface area contributed by atoms with E-state index in [-0.39, 0.29) is 30.6 Å². The Labute approximate surface area is 114 Å². The van der Waals surface area contributed by atoms with Crippen molar-refractivity contribution in [3.8, 4) is 0 Å². The minimum atomic E-state index is -0.401. The van der Waals surface area contributed by atoms with E-state index in [0.29, 0.717) is 5.56 Å². The van der Waals surface area contributed by atoms with E-state index < -0.39 is 5.82 Å². The molecule has 2 rings (SSSR count). The number of hydrogen-bond acceptors (Lipinski definition) is 4. The zero-order valence-corrected chi connectivity index (χ0v) is 10.4. The number of rotatable bonds is 5. The number of nitrogens with one attached hydrogen (secondary N) is 2. The maximum Gasteiger partial charge on any atom is 0.273 e. The third-order valence-electron chi connectivity index (χ3n) is 2.47. The molecule has 0 radical (unpaired) electrons. The van der Waals surface area contributed by atoms with Crippen LogP contribution in [0.5, 0.6) is 0 Å². The van der Waals surface area contributed by atoms with Crippen molar-refractivity contribution in [3.05, 3.63) is 53.7 Å². The summed E-state index contributed by atoms with van der Waals surface area (Å²) in [6.45, 7) is 0.498. The highest BCUT2D eigenvalue weighted by atomic mass is 19.1. The van der Waals surface area contributed by atoms with E-state index in [1.165, 1.54) is 36.6 Å². The van der Waals surface area contributed by atoms with E-state index in [1.807, 2.05) is 0 Å². The van der Waals surface area contributed by atoms with E-state index >= 15 is 0 Å². The first kappa shape index (κ1) is 13.7. The molecule has 20 heavy (non-hydrogen) atoms. The van der Waals surface area contributed by atoms with Crippen molar-refractivity contribution in [2.45, 2.75) is 0 Å². The molecular weight excluding hydrogens is 265 g/mol. The number of aromatic nitrogens is 1. The van der Waals surface area contributed by atoms with Crippen LogP contribution in [0.25, 0.3) is 0 Å². The Morgan fingerprint density at radius 2 is 1.70 bits per heavy atom. The molecule has 0 saturated heterocycles. The molecule has 6 nitrogen and oxygen atoms in total. The van der Waals surface area contributed by atoms with Crippen molar-refractivity contribution < 1.29 is 18.5 Å². The lowest BCUT2D eigenvalue weighted by molar-refractivity contribution is 0.0922. The zero-order valence-electron chi connectivity index (χ0n) is 10.4. The molecule has 1 aromatic heterocycles. The maximum absolute atomic E-state index is 12.7. The molecule has 0 aliphatic heterocycles. The molecule has 0 unspecified atom stereocenters. The van der Waals surface area contributed by atoms with E-state index in [1.54, 1.807) is 0 Å². The SMILES string of the molecule is O=C(NCCNC(=O)c1ccon1)c1ccc(F)cc1. The number of carbonyl (C=O) groups is 2. The van der Waals surface area contributed by atoms with Gasteiger partial charge in [-0.05, 0) is 24.3 Å². The molecule has 0 spiro atoms. The summed E-state index contributed by atoms with van der Waals surface area (Å²) < 4.78 is 17.2. The molecule has 0 fully saturated rings. The summed E-state index contributed by atoms with van der Waals surface area (Å²) in [5.74, 6) is -1.11. The second kappa shape index (κ2) is 6.46. The van der Waals surface area contributed by atoms with Gasteiger partial charge in [0.05, 0.1) is 0 Å². The normalized spacial score (nSPS) is 10.1. The van der Waals surface area contributed by atoms with Gasteiger partial charge in [0.15, 0.2) is 5.69 Å². The second-order valence-corrected chi connectivity index (χ2v) is 3.90. The van der Waals surface area contributed by atoms with Gasteiger partial charge in [0.2, 0.25) is 0 Å². The highest BCUT2D eigenvalue weighted by Gasteiger charge is 2.08. The van der Waals surface area contributed by atoms with Gasteiger partial charge in [-0.15, -0.1) is 0 Å². The summed E-state index contributed by atoms with van der Waals surface area (Å²) in [6.07, 6.45) is 1.30. The minimum absolute atomic E-state index is 0.176. The zero-order chi connectivity index (χ0) is 14.4. The fourth-order valence-corrected chi connectivity index (χ4v) is 1.48. The molecule has 0 bridgehead atoms. The Morgan fingerprint density at radius 3 is 2.30 bits per heavy atom. The predicted molar refractivity (Wildman–Crippen MR) is 67.6 cm³/mol. The smallest absolute Gasteiger partial charge is 0.273 e. The monoisotopic (exact) mass is 277 g/mol. The average Bonchev–Trinajstić information content (AvgIpc) is 2.98. The first-order valence-electron chi connectivity index (χ1n) is 5.89. The lowest BCUT2D eigenvalue weighted by atomic mass is 10.2. The Morgan fingerprint density at radius 1 is 1.05 bits per heavy atom. The molecule has 0 saturated carbocycles. The quantitative estimate of drug-likeness (QED) is 0.798. The molecule has 0 atom stereocenters. The van der Waals surface area contributed by atoms with Crippen LogP contribution in [-0.4, -0.2) is 30.1 Å². The maximum atomic E-state index is 12.7. The van der Waals surface area contributed by atoms with Gasteiger partial charge in [0, 0.05) is 24.7 Å². The van der Waals surface area contributed by atoms with Crippen LogP contribution in [0.15, 0.2) is 41.1 Å². The number of benzene rings is 1. The van der Waals surface area contributed by atoms with E-state index in [2.05, 4.69) is 20.3 Å². The topological polar surface area (TPSA) is 84.2 Å². The van der Waals surface area contributed by atoms with Crippen molar-refractivity contribution >= 4 is 11.8 Å². The number of carbonyl (C=O) groups excluding carboxylic acids is 2. The van der Waals surface area contributed by atoms with Crippen molar-refractivity contribution in [1.82, 2.24) is 15.8 Å². The van der Waals surface area contributed by atoms with Crippen LogP contribution in [0.1, 0.15) is 20.8 Å². The molecule has 7 heteroatoms. The van der Waals surface area contributed by atoms with Crippen LogP contribution < -0.4 is 10.6 Å². The fourth-order valence-electron chi connectivity index (χ4n) is 1.48. The van der Waals surface area contributed by atoms with Gasteiger partial charge in [-0.2, -0.15) is 0 Å². The molecular formula is C13H12FN3O3. The Bertz CT molecular complexity index is 581. The van der Waals surface area contributed by atoms with Crippen molar-refractivity contribution in [2.24, 2.45) is 0 Å². The van der Waals surface area contributed by atoms with Gasteiger partial charge < -0.3 is 15.2 Å². The summed E-state index contributed by atoms with van der Waals surface area (Å²) in [7, 11) is 0. The summed E-state index contributed by atoms with van der Waals surface area (Å²) in [5, 5.41) is 8.64. The first-order chi connectivity index (χ1) is 9.66. The van der Waals surface area contributed by atoms with Gasteiger partial charge in [0.1, 0.15) is 12.1 Å². The van der Waals surface area contributed by atoms with E-state index in [9.17, 15) is 14.0 Å². The van der Waals surface area contributed by atoms with E-state index in [4.69, 9.17) is 0 Å². The standard InChI is InChI=1S/C13H12FN3O3/c14-10-3-1-9(2-4-10)12(18)15-6-7-16-13(19)11-5-8-20-17-11/h1-5,8H,6-7H2,(H,15,18)(H,16,19). The van der Waals surface area contributed by atoms with Gasteiger partial charge in [-0.25, -0.2) is 4.39 Å². The molecule has 1 heterocycles. The molecule has 2 N–H and O–H groups in total.